The van der Waals surface area contributed by atoms with Gasteiger partial charge >= 0.3 is 5.97 Å². The molecule has 0 unspecified atom stereocenters. The molecule has 3 heterocycles. The number of carbonyl (C=O) groups excluding carboxylic acids is 2. The van der Waals surface area contributed by atoms with Crippen LogP contribution in [0.25, 0.3) is 10.4 Å². The van der Waals surface area contributed by atoms with Gasteiger partial charge in [0, 0.05) is 26.3 Å². The van der Waals surface area contributed by atoms with Crippen LogP contribution in [0.15, 0.2) is 18.3 Å². The van der Waals surface area contributed by atoms with Crippen molar-refractivity contribution in [1.29, 1.82) is 0 Å². The third-order valence-corrected chi connectivity index (χ3v) is 5.72. The lowest BCUT2D eigenvalue weighted by Gasteiger charge is -2.18. The molecule has 0 spiro atoms. The van der Waals surface area contributed by atoms with E-state index in [1.165, 1.54) is 12.8 Å². The quantitative estimate of drug-likeness (QED) is 0.612. The summed E-state index contributed by atoms with van der Waals surface area (Å²) in [5.74, 6) is -0.890. The number of primary amides is 1. The van der Waals surface area contributed by atoms with E-state index >= 15 is 0 Å². The fraction of sp³-hybridized carbons (Fsp3) is 0.450. The maximum absolute atomic E-state index is 11.3. The van der Waals surface area contributed by atoms with Crippen LogP contribution in [0.3, 0.4) is 0 Å². The van der Waals surface area contributed by atoms with Crippen LogP contribution in [-0.4, -0.2) is 58.9 Å². The number of amides is 2. The highest BCUT2D eigenvalue weighted by atomic mass is 32.1. The number of aromatic nitrogens is 2. The molecule has 164 valence electrons. The molecule has 0 atom stereocenters. The van der Waals surface area contributed by atoms with Crippen LogP contribution in [0.1, 0.15) is 38.1 Å². The molecule has 2 aromatic heterocycles. The van der Waals surface area contributed by atoms with Gasteiger partial charge in [-0.3, -0.25) is 19.4 Å². The number of carboxylic acids is 1. The van der Waals surface area contributed by atoms with Gasteiger partial charge in [-0.25, -0.2) is 4.98 Å². The number of likely N-dealkylation sites (tertiary alicyclic amines) is 1. The van der Waals surface area contributed by atoms with Crippen molar-refractivity contribution in [3.05, 3.63) is 29.7 Å². The zero-order chi connectivity index (χ0) is 22.7. The second kappa shape index (κ2) is 11.9. The lowest BCUT2D eigenvalue weighted by Crippen LogP contribution is -2.29. The minimum Gasteiger partial charge on any atom is -0.481 e. The molecule has 0 radical (unpaired) electrons. The van der Waals surface area contributed by atoms with E-state index in [-0.39, 0.29) is 6.41 Å². The Morgan fingerprint density at radius 1 is 1.33 bits per heavy atom. The number of pyridine rings is 1. The number of rotatable bonds is 5. The Morgan fingerprint density at radius 2 is 1.93 bits per heavy atom. The van der Waals surface area contributed by atoms with Gasteiger partial charge in [0.1, 0.15) is 5.41 Å². The molecule has 1 aliphatic heterocycles. The Balaban J connectivity index is 0.000000372. The Labute approximate surface area is 180 Å². The summed E-state index contributed by atoms with van der Waals surface area (Å²) in [7, 11) is 1.83. The second-order valence-electron chi connectivity index (χ2n) is 7.03. The minimum absolute atomic E-state index is 0.250. The number of carboxylic acid groups (broad SMARTS) is 1. The number of thiazole rings is 1. The molecule has 10 heteroatoms. The maximum atomic E-state index is 11.3. The smallest absolute Gasteiger partial charge is 0.315 e. The van der Waals surface area contributed by atoms with Crippen molar-refractivity contribution in [2.45, 2.75) is 39.0 Å². The molecule has 0 aromatic carbocycles. The third kappa shape index (κ3) is 6.80. The SMILES string of the molecule is CNc1nc(C)c(-c2ccnc(C(C)(C)C(=O)O)c2)s1.NC=O.O=CN1CCCC1. The summed E-state index contributed by atoms with van der Waals surface area (Å²) >= 11 is 1.54. The average Bonchev–Trinajstić information content (AvgIpc) is 3.38. The van der Waals surface area contributed by atoms with Gasteiger partial charge in [0.25, 0.3) is 0 Å². The van der Waals surface area contributed by atoms with E-state index in [9.17, 15) is 14.7 Å². The van der Waals surface area contributed by atoms with Gasteiger partial charge < -0.3 is 21.1 Å². The number of aryl methyl sites for hydroxylation is 1. The highest BCUT2D eigenvalue weighted by Crippen LogP contribution is 2.34. The molecule has 30 heavy (non-hydrogen) atoms. The highest BCUT2D eigenvalue weighted by molar-refractivity contribution is 7.19. The number of nitrogens with two attached hydrogens (primary N) is 1. The Morgan fingerprint density at radius 3 is 2.37 bits per heavy atom. The summed E-state index contributed by atoms with van der Waals surface area (Å²) in [5.41, 5.74) is 5.56. The molecule has 0 aliphatic carbocycles. The predicted octanol–water partition coefficient (Wildman–Crippen LogP) is 2.26. The molecular weight excluding hydrogens is 406 g/mol. The number of carbonyl (C=O) groups is 3. The monoisotopic (exact) mass is 435 g/mol. The fourth-order valence-electron chi connectivity index (χ4n) is 2.64. The van der Waals surface area contributed by atoms with Crippen molar-refractivity contribution in [3.63, 3.8) is 0 Å². The van der Waals surface area contributed by atoms with Crippen LogP contribution in [0.4, 0.5) is 5.13 Å². The molecule has 0 saturated carbocycles. The molecule has 2 amide bonds. The Kier molecular flexibility index (Phi) is 9.90. The van der Waals surface area contributed by atoms with E-state index in [0.29, 0.717) is 5.69 Å². The highest BCUT2D eigenvalue weighted by Gasteiger charge is 2.31. The molecular formula is C20H29N5O4S. The zero-order valence-electron chi connectivity index (χ0n) is 17.7. The zero-order valence-corrected chi connectivity index (χ0v) is 18.5. The van der Waals surface area contributed by atoms with Crippen molar-refractivity contribution >= 4 is 35.3 Å². The topological polar surface area (TPSA) is 139 Å². The van der Waals surface area contributed by atoms with Crippen molar-refractivity contribution < 1.29 is 19.5 Å². The van der Waals surface area contributed by atoms with Crippen LogP contribution >= 0.6 is 11.3 Å². The van der Waals surface area contributed by atoms with E-state index in [2.05, 4.69) is 21.0 Å². The van der Waals surface area contributed by atoms with Crippen LogP contribution in [0, 0.1) is 6.92 Å². The van der Waals surface area contributed by atoms with Gasteiger partial charge in [0.2, 0.25) is 12.8 Å². The first-order valence-corrected chi connectivity index (χ1v) is 10.2. The van der Waals surface area contributed by atoms with Crippen LogP contribution < -0.4 is 11.1 Å². The van der Waals surface area contributed by atoms with Gasteiger partial charge in [0.15, 0.2) is 5.13 Å². The molecule has 1 aliphatic rings. The van der Waals surface area contributed by atoms with Crippen molar-refractivity contribution in [1.82, 2.24) is 14.9 Å². The summed E-state index contributed by atoms with van der Waals surface area (Å²) in [6, 6.07) is 3.70. The van der Waals surface area contributed by atoms with E-state index < -0.39 is 11.4 Å². The van der Waals surface area contributed by atoms with Crippen molar-refractivity contribution in [2.24, 2.45) is 5.73 Å². The van der Waals surface area contributed by atoms with Crippen LogP contribution in [0.5, 0.6) is 0 Å². The largest absolute Gasteiger partial charge is 0.481 e. The van der Waals surface area contributed by atoms with E-state index in [0.717, 1.165) is 40.8 Å². The lowest BCUT2D eigenvalue weighted by atomic mass is 9.88. The first kappa shape index (κ1) is 25.0. The summed E-state index contributed by atoms with van der Waals surface area (Å²) in [6.07, 6.45) is 5.21. The Hall–Kier alpha value is -3.01. The van der Waals surface area contributed by atoms with E-state index in [1.54, 1.807) is 36.3 Å². The summed E-state index contributed by atoms with van der Waals surface area (Å²) in [4.78, 5) is 41.3. The van der Waals surface area contributed by atoms with Gasteiger partial charge in [-0.15, -0.1) is 0 Å². The normalized spacial score (nSPS) is 12.7. The molecule has 4 N–H and O–H groups in total. The maximum Gasteiger partial charge on any atom is 0.315 e. The molecule has 3 rings (SSSR count). The van der Waals surface area contributed by atoms with Crippen molar-refractivity contribution in [2.75, 3.05) is 25.5 Å². The number of hydrogen-bond donors (Lipinski definition) is 3. The summed E-state index contributed by atoms with van der Waals surface area (Å²) < 4.78 is 0. The van der Waals surface area contributed by atoms with Gasteiger partial charge in [-0.1, -0.05) is 11.3 Å². The van der Waals surface area contributed by atoms with Crippen molar-refractivity contribution in [3.8, 4) is 10.4 Å². The van der Waals surface area contributed by atoms with E-state index in [1.807, 2.05) is 26.1 Å². The number of anilines is 1. The number of hydrogen-bond acceptors (Lipinski definition) is 7. The standard InChI is InChI=1S/C14H17N3O2S.C5H9NO.CH3NO/c1-8-11(20-13(15-4)17-8)9-5-6-16-10(7-9)14(2,3)12(18)19;7-5-6-3-1-2-4-6;2-1-3/h5-7H,1-4H3,(H,15,17)(H,18,19);5H,1-4H2;1H,(H2,2,3). The Bertz CT molecular complexity index is 847. The predicted molar refractivity (Wildman–Crippen MR) is 117 cm³/mol. The van der Waals surface area contributed by atoms with Gasteiger partial charge in [-0.2, -0.15) is 0 Å². The minimum atomic E-state index is -1.01. The van der Waals surface area contributed by atoms with E-state index in [4.69, 9.17) is 4.79 Å². The van der Waals surface area contributed by atoms with Crippen LogP contribution in [-0.2, 0) is 19.8 Å². The molecule has 1 fully saturated rings. The lowest BCUT2D eigenvalue weighted by molar-refractivity contribution is -0.142. The number of aliphatic carboxylic acids is 1. The molecule has 1 saturated heterocycles. The summed E-state index contributed by atoms with van der Waals surface area (Å²) in [6.45, 7) is 7.20. The number of nitrogens with one attached hydrogen (secondary N) is 1. The molecule has 2 aromatic rings. The summed E-state index contributed by atoms with van der Waals surface area (Å²) in [5, 5.41) is 13.2. The number of nitrogens with zero attached hydrogens (tertiary/aromatic N) is 3. The fourth-order valence-corrected chi connectivity index (χ4v) is 3.56. The second-order valence-corrected chi connectivity index (χ2v) is 8.03. The van der Waals surface area contributed by atoms with Gasteiger partial charge in [0.05, 0.1) is 16.3 Å². The average molecular weight is 436 g/mol. The first-order chi connectivity index (χ1) is 14.2. The third-order valence-electron chi connectivity index (χ3n) is 4.50. The first-order valence-electron chi connectivity index (χ1n) is 9.41. The molecule has 9 nitrogen and oxygen atoms in total. The molecule has 0 bridgehead atoms. The van der Waals surface area contributed by atoms with Gasteiger partial charge in [-0.05, 0) is 51.3 Å². The van der Waals surface area contributed by atoms with Crippen LogP contribution in [0.2, 0.25) is 0 Å².